The predicted molar refractivity (Wildman–Crippen MR) is 100 cm³/mol. The van der Waals surface area contributed by atoms with E-state index in [0.29, 0.717) is 13.2 Å². The van der Waals surface area contributed by atoms with E-state index >= 15 is 0 Å². The lowest BCUT2D eigenvalue weighted by molar-refractivity contribution is 0.247. The highest BCUT2D eigenvalue weighted by Gasteiger charge is 2.07. The molecule has 0 saturated carbocycles. The fraction of sp³-hybridized carbons (Fsp3) is 0.200. The third kappa shape index (κ3) is 4.07. The molecule has 0 unspecified atom stereocenters. The van der Waals surface area contributed by atoms with Crippen LogP contribution in [0, 0.1) is 13.8 Å². The first-order chi connectivity index (χ1) is 12.1. The van der Waals surface area contributed by atoms with Crippen LogP contribution in [0.3, 0.4) is 0 Å². The normalized spacial score (nSPS) is 10.5. The molecule has 128 valence electrons. The number of fused-ring (bicyclic) bond motifs is 1. The van der Waals surface area contributed by atoms with Gasteiger partial charge in [-0.3, -0.25) is 4.98 Å². The number of carbonyl (C=O) groups excluding carboxylic acids is 1. The second-order valence-electron chi connectivity index (χ2n) is 5.83. The largest absolute Gasteiger partial charge is 0.489 e. The Morgan fingerprint density at radius 2 is 1.76 bits per heavy atom. The lowest BCUT2D eigenvalue weighted by atomic mass is 10.1. The number of benzene rings is 2. The first-order valence-electron chi connectivity index (χ1n) is 8.23. The van der Waals surface area contributed by atoms with Gasteiger partial charge >= 0.3 is 6.03 Å². The van der Waals surface area contributed by atoms with Crippen molar-refractivity contribution in [1.82, 2.24) is 10.3 Å². The average molecular weight is 335 g/mol. The fourth-order valence-corrected chi connectivity index (χ4v) is 2.69. The molecule has 3 rings (SSSR count). The van der Waals surface area contributed by atoms with Gasteiger partial charge in [-0.25, -0.2) is 4.79 Å². The number of hydrogen-bond acceptors (Lipinski definition) is 3. The molecule has 0 fully saturated rings. The monoisotopic (exact) mass is 335 g/mol. The molecule has 0 aliphatic rings. The van der Waals surface area contributed by atoms with E-state index in [0.717, 1.165) is 33.5 Å². The number of carbonyl (C=O) groups is 1. The minimum atomic E-state index is -0.239. The van der Waals surface area contributed by atoms with Crippen LogP contribution in [0.15, 0.2) is 54.7 Å². The van der Waals surface area contributed by atoms with Gasteiger partial charge in [0.15, 0.2) is 0 Å². The topological polar surface area (TPSA) is 63.2 Å². The highest BCUT2D eigenvalue weighted by Crippen LogP contribution is 2.22. The highest BCUT2D eigenvalue weighted by atomic mass is 16.5. The Kier molecular flexibility index (Phi) is 5.14. The van der Waals surface area contributed by atoms with E-state index in [4.69, 9.17) is 4.74 Å². The zero-order chi connectivity index (χ0) is 17.6. The number of rotatable bonds is 5. The SMILES string of the molecule is Cc1cccc(C)c1NC(=O)NCCOc1cccc2cccnc12. The van der Waals surface area contributed by atoms with Gasteiger partial charge in [0.2, 0.25) is 0 Å². The number of para-hydroxylation sites is 2. The van der Waals surface area contributed by atoms with Gasteiger partial charge in [0, 0.05) is 17.3 Å². The molecular formula is C20H21N3O2. The lowest BCUT2D eigenvalue weighted by Crippen LogP contribution is -2.32. The number of ether oxygens (including phenoxy) is 1. The third-order valence-corrected chi connectivity index (χ3v) is 3.96. The van der Waals surface area contributed by atoms with E-state index < -0.39 is 0 Å². The molecule has 25 heavy (non-hydrogen) atoms. The Balaban J connectivity index is 1.52. The standard InChI is InChI=1S/C20H21N3O2/c1-14-6-3-7-15(2)18(14)23-20(24)22-12-13-25-17-10-4-8-16-9-5-11-21-19(16)17/h3-11H,12-13H2,1-2H3,(H2,22,23,24). The summed E-state index contributed by atoms with van der Waals surface area (Å²) in [4.78, 5) is 16.4. The number of amides is 2. The van der Waals surface area contributed by atoms with Crippen molar-refractivity contribution in [3.8, 4) is 5.75 Å². The van der Waals surface area contributed by atoms with E-state index in [1.165, 1.54) is 0 Å². The molecule has 1 heterocycles. The third-order valence-electron chi connectivity index (χ3n) is 3.96. The summed E-state index contributed by atoms with van der Waals surface area (Å²) < 4.78 is 5.76. The van der Waals surface area contributed by atoms with Gasteiger partial charge in [0.1, 0.15) is 17.9 Å². The molecule has 5 heteroatoms. The van der Waals surface area contributed by atoms with Crippen molar-refractivity contribution in [3.63, 3.8) is 0 Å². The van der Waals surface area contributed by atoms with Gasteiger partial charge in [-0.05, 0) is 37.1 Å². The summed E-state index contributed by atoms with van der Waals surface area (Å²) in [6, 6.07) is 15.4. The Morgan fingerprint density at radius 3 is 2.56 bits per heavy atom. The second kappa shape index (κ2) is 7.66. The smallest absolute Gasteiger partial charge is 0.319 e. The summed E-state index contributed by atoms with van der Waals surface area (Å²) in [5.74, 6) is 0.718. The van der Waals surface area contributed by atoms with Crippen molar-refractivity contribution in [2.45, 2.75) is 13.8 Å². The number of aryl methyl sites for hydroxylation is 2. The number of nitrogens with zero attached hydrogens (tertiary/aromatic N) is 1. The highest BCUT2D eigenvalue weighted by molar-refractivity contribution is 5.91. The van der Waals surface area contributed by atoms with Gasteiger partial charge in [0.05, 0.1) is 6.54 Å². The van der Waals surface area contributed by atoms with Crippen LogP contribution >= 0.6 is 0 Å². The van der Waals surface area contributed by atoms with Gasteiger partial charge in [0.25, 0.3) is 0 Å². The summed E-state index contributed by atoms with van der Waals surface area (Å²) in [6.07, 6.45) is 1.74. The summed E-state index contributed by atoms with van der Waals surface area (Å²) in [5.41, 5.74) is 3.74. The van der Waals surface area contributed by atoms with Crippen molar-refractivity contribution < 1.29 is 9.53 Å². The molecule has 1 aromatic heterocycles. The summed E-state index contributed by atoms with van der Waals surface area (Å²) in [7, 11) is 0. The molecule has 0 radical (unpaired) electrons. The van der Waals surface area contributed by atoms with Crippen LogP contribution in [-0.4, -0.2) is 24.2 Å². The first-order valence-corrected chi connectivity index (χ1v) is 8.23. The molecule has 0 atom stereocenters. The van der Waals surface area contributed by atoms with Crippen LogP contribution in [0.5, 0.6) is 5.75 Å². The summed E-state index contributed by atoms with van der Waals surface area (Å²) in [5, 5.41) is 6.73. The van der Waals surface area contributed by atoms with E-state index in [-0.39, 0.29) is 6.03 Å². The van der Waals surface area contributed by atoms with E-state index in [1.807, 2.05) is 62.4 Å². The Hall–Kier alpha value is -3.08. The zero-order valence-corrected chi connectivity index (χ0v) is 14.4. The first kappa shape index (κ1) is 16.8. The molecule has 2 amide bonds. The van der Waals surface area contributed by atoms with Crippen LogP contribution in [0.1, 0.15) is 11.1 Å². The summed E-state index contributed by atoms with van der Waals surface area (Å²) in [6.45, 7) is 4.72. The van der Waals surface area contributed by atoms with Gasteiger partial charge in [-0.15, -0.1) is 0 Å². The van der Waals surface area contributed by atoms with Crippen molar-refractivity contribution in [3.05, 3.63) is 65.9 Å². The van der Waals surface area contributed by atoms with Crippen molar-refractivity contribution in [2.75, 3.05) is 18.5 Å². The maximum atomic E-state index is 12.1. The quantitative estimate of drug-likeness (QED) is 0.691. The lowest BCUT2D eigenvalue weighted by Gasteiger charge is -2.13. The molecule has 0 spiro atoms. The number of aromatic nitrogens is 1. The van der Waals surface area contributed by atoms with E-state index in [2.05, 4.69) is 15.6 Å². The Labute approximate surface area is 147 Å². The van der Waals surface area contributed by atoms with Crippen LogP contribution in [0.4, 0.5) is 10.5 Å². The molecule has 5 nitrogen and oxygen atoms in total. The van der Waals surface area contributed by atoms with E-state index in [9.17, 15) is 4.79 Å². The second-order valence-corrected chi connectivity index (χ2v) is 5.83. The number of urea groups is 1. The van der Waals surface area contributed by atoms with Crippen LogP contribution < -0.4 is 15.4 Å². The number of anilines is 1. The van der Waals surface area contributed by atoms with Gasteiger partial charge < -0.3 is 15.4 Å². The zero-order valence-electron chi connectivity index (χ0n) is 14.4. The average Bonchev–Trinajstić information content (AvgIpc) is 2.62. The van der Waals surface area contributed by atoms with Crippen molar-refractivity contribution in [1.29, 1.82) is 0 Å². The van der Waals surface area contributed by atoms with Crippen molar-refractivity contribution >= 4 is 22.6 Å². The molecule has 0 bridgehead atoms. The van der Waals surface area contributed by atoms with Crippen LogP contribution in [-0.2, 0) is 0 Å². The molecule has 0 aliphatic carbocycles. The number of pyridine rings is 1. The van der Waals surface area contributed by atoms with Crippen molar-refractivity contribution in [2.24, 2.45) is 0 Å². The van der Waals surface area contributed by atoms with Gasteiger partial charge in [-0.1, -0.05) is 36.4 Å². The fourth-order valence-electron chi connectivity index (χ4n) is 2.69. The molecular weight excluding hydrogens is 314 g/mol. The summed E-state index contributed by atoms with van der Waals surface area (Å²) >= 11 is 0. The molecule has 0 aliphatic heterocycles. The predicted octanol–water partition coefficient (Wildman–Crippen LogP) is 4.05. The molecule has 2 aromatic carbocycles. The Morgan fingerprint density at radius 1 is 1.04 bits per heavy atom. The van der Waals surface area contributed by atoms with Gasteiger partial charge in [-0.2, -0.15) is 0 Å². The molecule has 3 aromatic rings. The number of hydrogen-bond donors (Lipinski definition) is 2. The molecule has 0 saturated heterocycles. The maximum Gasteiger partial charge on any atom is 0.319 e. The van der Waals surface area contributed by atoms with Crippen LogP contribution in [0.2, 0.25) is 0 Å². The molecule has 2 N–H and O–H groups in total. The Bertz CT molecular complexity index is 867. The minimum Gasteiger partial charge on any atom is -0.489 e. The number of nitrogens with one attached hydrogen (secondary N) is 2. The maximum absolute atomic E-state index is 12.1. The van der Waals surface area contributed by atoms with Crippen LogP contribution in [0.25, 0.3) is 10.9 Å². The minimum absolute atomic E-state index is 0.239. The van der Waals surface area contributed by atoms with E-state index in [1.54, 1.807) is 6.20 Å².